The van der Waals surface area contributed by atoms with Crippen molar-refractivity contribution < 1.29 is 25.2 Å². The molecule has 0 saturated heterocycles. The smallest absolute Gasteiger partial charge is 0.249 e. The highest BCUT2D eigenvalue weighted by molar-refractivity contribution is 5.80. The Labute approximate surface area is 285 Å². The van der Waals surface area contributed by atoms with Crippen LogP contribution < -0.4 is 5.32 Å². The van der Waals surface area contributed by atoms with Gasteiger partial charge in [0.2, 0.25) is 5.91 Å². The molecular weight excluding hydrogens is 574 g/mol. The molecule has 0 rings (SSSR count). The van der Waals surface area contributed by atoms with Crippen molar-refractivity contribution in [1.29, 1.82) is 0 Å². The number of aliphatic hydroxyl groups excluding tert-OH is 4. The molecule has 6 nitrogen and oxygen atoms in total. The molecule has 4 unspecified atom stereocenters. The van der Waals surface area contributed by atoms with E-state index in [2.05, 4.69) is 31.3 Å². The fraction of sp³-hybridized carbons (Fsp3) is 0.925. The second-order valence-corrected chi connectivity index (χ2v) is 14.0. The summed E-state index contributed by atoms with van der Waals surface area (Å²) in [5.41, 5.74) is 0. The van der Waals surface area contributed by atoms with E-state index in [9.17, 15) is 25.2 Å². The Morgan fingerprint density at radius 2 is 0.870 bits per heavy atom. The summed E-state index contributed by atoms with van der Waals surface area (Å²) in [5.74, 6) is -0.592. The molecule has 0 heterocycles. The zero-order valence-electron chi connectivity index (χ0n) is 30.6. The SMILES string of the molecule is CCCCCCCCC/C=C\CCCCCCC(O)C(=O)NC(CO)C(O)C(O)CCCCCCCCCCCCCCCCC. The molecule has 0 aliphatic heterocycles. The number of unbranched alkanes of at least 4 members (excludes halogenated alkanes) is 25. The molecule has 0 radical (unpaired) electrons. The number of carbonyl (C=O) groups excluding carboxylic acids is 1. The number of carbonyl (C=O) groups is 1. The van der Waals surface area contributed by atoms with E-state index in [4.69, 9.17) is 0 Å². The van der Waals surface area contributed by atoms with Crippen LogP contribution in [0.3, 0.4) is 0 Å². The van der Waals surface area contributed by atoms with Crippen LogP contribution in [0.25, 0.3) is 0 Å². The maximum atomic E-state index is 12.5. The van der Waals surface area contributed by atoms with E-state index in [0.29, 0.717) is 12.8 Å². The molecule has 0 fully saturated rings. The van der Waals surface area contributed by atoms with E-state index in [1.165, 1.54) is 128 Å². The number of nitrogens with one attached hydrogen (secondary N) is 1. The highest BCUT2D eigenvalue weighted by atomic mass is 16.3. The Balaban J connectivity index is 3.79. The first kappa shape index (κ1) is 45.0. The topological polar surface area (TPSA) is 110 Å². The largest absolute Gasteiger partial charge is 0.394 e. The lowest BCUT2D eigenvalue weighted by Crippen LogP contribution is -2.53. The van der Waals surface area contributed by atoms with E-state index in [1.807, 2.05) is 0 Å². The second kappa shape index (κ2) is 35.4. The van der Waals surface area contributed by atoms with E-state index < -0.39 is 36.9 Å². The van der Waals surface area contributed by atoms with Gasteiger partial charge in [-0.2, -0.15) is 0 Å². The lowest BCUT2D eigenvalue weighted by atomic mass is 9.99. The Morgan fingerprint density at radius 1 is 0.522 bits per heavy atom. The van der Waals surface area contributed by atoms with Crippen LogP contribution in [-0.2, 0) is 4.79 Å². The predicted octanol–water partition coefficient (Wildman–Crippen LogP) is 9.85. The number of hydrogen-bond acceptors (Lipinski definition) is 5. The molecule has 0 aromatic rings. The lowest BCUT2D eigenvalue weighted by molar-refractivity contribution is -0.132. The molecule has 0 aliphatic rings. The highest BCUT2D eigenvalue weighted by Gasteiger charge is 2.28. The van der Waals surface area contributed by atoms with Crippen LogP contribution in [0.15, 0.2) is 12.2 Å². The normalized spacial score (nSPS) is 14.5. The van der Waals surface area contributed by atoms with Gasteiger partial charge in [0.25, 0.3) is 0 Å². The van der Waals surface area contributed by atoms with Gasteiger partial charge in [0.1, 0.15) is 12.2 Å². The summed E-state index contributed by atoms with van der Waals surface area (Å²) in [6.45, 7) is 4.03. The van der Waals surface area contributed by atoms with Gasteiger partial charge in [-0.1, -0.05) is 180 Å². The minimum absolute atomic E-state index is 0.357. The van der Waals surface area contributed by atoms with Gasteiger partial charge in [-0.15, -0.1) is 0 Å². The maximum absolute atomic E-state index is 12.5. The molecule has 4 atom stereocenters. The second-order valence-electron chi connectivity index (χ2n) is 14.0. The first-order valence-electron chi connectivity index (χ1n) is 20.1. The molecule has 5 N–H and O–H groups in total. The molecule has 274 valence electrons. The van der Waals surface area contributed by atoms with Crippen LogP contribution in [0.4, 0.5) is 0 Å². The van der Waals surface area contributed by atoms with E-state index in [0.717, 1.165) is 51.4 Å². The molecule has 0 saturated carbocycles. The van der Waals surface area contributed by atoms with Crippen LogP contribution in [-0.4, -0.2) is 57.3 Å². The molecule has 46 heavy (non-hydrogen) atoms. The fourth-order valence-electron chi connectivity index (χ4n) is 6.22. The van der Waals surface area contributed by atoms with Crippen LogP contribution >= 0.6 is 0 Å². The third-order valence-corrected chi connectivity index (χ3v) is 9.48. The lowest BCUT2D eigenvalue weighted by Gasteiger charge is -2.27. The quantitative estimate of drug-likeness (QED) is 0.0342. The molecule has 0 spiro atoms. The van der Waals surface area contributed by atoms with Crippen LogP contribution in [0, 0.1) is 0 Å². The fourth-order valence-corrected chi connectivity index (χ4v) is 6.22. The number of hydrogen-bond donors (Lipinski definition) is 5. The van der Waals surface area contributed by atoms with Crippen molar-refractivity contribution in [3.05, 3.63) is 12.2 Å². The van der Waals surface area contributed by atoms with Crippen molar-refractivity contribution in [2.75, 3.05) is 6.61 Å². The van der Waals surface area contributed by atoms with Gasteiger partial charge in [-0.05, 0) is 38.5 Å². The molecule has 6 heteroatoms. The van der Waals surface area contributed by atoms with Gasteiger partial charge in [0.15, 0.2) is 0 Å². The number of aliphatic hydroxyl groups is 4. The van der Waals surface area contributed by atoms with Crippen molar-refractivity contribution in [2.24, 2.45) is 0 Å². The summed E-state index contributed by atoms with van der Waals surface area (Å²) < 4.78 is 0. The number of amides is 1. The molecule has 0 aromatic carbocycles. The maximum Gasteiger partial charge on any atom is 0.249 e. The Hall–Kier alpha value is -0.950. The summed E-state index contributed by atoms with van der Waals surface area (Å²) in [5, 5.41) is 43.5. The summed E-state index contributed by atoms with van der Waals surface area (Å²) in [4.78, 5) is 12.5. The van der Waals surface area contributed by atoms with E-state index in [1.54, 1.807) is 0 Å². The summed E-state index contributed by atoms with van der Waals surface area (Å²) in [6, 6.07) is -0.985. The van der Waals surface area contributed by atoms with E-state index in [-0.39, 0.29) is 0 Å². The molecule has 1 amide bonds. The average Bonchev–Trinajstić information content (AvgIpc) is 3.06. The third kappa shape index (κ3) is 29.2. The summed E-state index contributed by atoms with van der Waals surface area (Å²) in [6.07, 6.45) is 36.6. The number of rotatable bonds is 36. The standard InChI is InChI=1S/C40H79NO5/c1-3-5-7-9-11-13-15-17-19-21-23-25-27-29-31-33-37(43)39(45)36(35-42)41-40(46)38(44)34-32-30-28-26-24-22-20-18-16-14-12-10-8-6-4-2/h20,22,36-39,42-45H,3-19,21,23-35H2,1-2H3,(H,41,46)/b22-20-. The van der Waals surface area contributed by atoms with Gasteiger partial charge < -0.3 is 25.7 Å². The van der Waals surface area contributed by atoms with Crippen LogP contribution in [0.1, 0.15) is 206 Å². The molecular formula is C40H79NO5. The molecule has 0 bridgehead atoms. The van der Waals surface area contributed by atoms with E-state index >= 15 is 0 Å². The highest BCUT2D eigenvalue weighted by Crippen LogP contribution is 2.16. The van der Waals surface area contributed by atoms with Crippen molar-refractivity contribution in [3.8, 4) is 0 Å². The third-order valence-electron chi connectivity index (χ3n) is 9.48. The minimum Gasteiger partial charge on any atom is -0.394 e. The van der Waals surface area contributed by atoms with Gasteiger partial charge in [-0.25, -0.2) is 0 Å². The Bertz CT molecular complexity index is 658. The molecule has 0 aromatic heterocycles. The van der Waals surface area contributed by atoms with Crippen molar-refractivity contribution in [2.45, 2.75) is 231 Å². The van der Waals surface area contributed by atoms with Crippen LogP contribution in [0.2, 0.25) is 0 Å². The Kier molecular flexibility index (Phi) is 34.6. The minimum atomic E-state index is -1.26. The van der Waals surface area contributed by atoms with Crippen molar-refractivity contribution in [1.82, 2.24) is 5.32 Å². The predicted molar refractivity (Wildman–Crippen MR) is 196 cm³/mol. The first-order chi connectivity index (χ1) is 22.5. The van der Waals surface area contributed by atoms with Crippen LogP contribution in [0.5, 0.6) is 0 Å². The van der Waals surface area contributed by atoms with Gasteiger partial charge >= 0.3 is 0 Å². The summed E-state index contributed by atoms with van der Waals surface area (Å²) in [7, 11) is 0. The zero-order chi connectivity index (χ0) is 33.9. The Morgan fingerprint density at radius 3 is 1.26 bits per heavy atom. The number of allylic oxidation sites excluding steroid dienone is 2. The van der Waals surface area contributed by atoms with Gasteiger partial charge in [0.05, 0.1) is 18.8 Å². The van der Waals surface area contributed by atoms with Gasteiger partial charge in [0, 0.05) is 0 Å². The first-order valence-corrected chi connectivity index (χ1v) is 20.1. The average molecular weight is 654 g/mol. The molecule has 0 aliphatic carbocycles. The van der Waals surface area contributed by atoms with Crippen molar-refractivity contribution >= 4 is 5.91 Å². The monoisotopic (exact) mass is 654 g/mol. The summed E-state index contributed by atoms with van der Waals surface area (Å²) >= 11 is 0. The zero-order valence-corrected chi connectivity index (χ0v) is 30.6. The van der Waals surface area contributed by atoms with Crippen molar-refractivity contribution in [3.63, 3.8) is 0 Å². The van der Waals surface area contributed by atoms with Gasteiger partial charge in [-0.3, -0.25) is 4.79 Å².